The Hall–Kier alpha value is -2.30. The molecule has 2 heterocycles. The molecule has 1 atom stereocenters. The van der Waals surface area contributed by atoms with Crippen LogP contribution >= 0.6 is 0 Å². The van der Waals surface area contributed by atoms with E-state index in [4.69, 9.17) is 0 Å². The minimum absolute atomic E-state index is 0.439. The van der Waals surface area contributed by atoms with Crippen molar-refractivity contribution in [2.24, 2.45) is 0 Å². The van der Waals surface area contributed by atoms with Crippen LogP contribution in [0.4, 0.5) is 11.5 Å². The summed E-state index contributed by atoms with van der Waals surface area (Å²) in [6.07, 6.45) is 3.44. The summed E-state index contributed by atoms with van der Waals surface area (Å²) >= 11 is 0. The van der Waals surface area contributed by atoms with Crippen molar-refractivity contribution in [3.63, 3.8) is 0 Å². The largest absolute Gasteiger partial charge is 0.480 e. The number of carboxylic acid groups (broad SMARTS) is 1. The Morgan fingerprint density at radius 3 is 2.83 bits per heavy atom. The summed E-state index contributed by atoms with van der Waals surface area (Å²) in [7, 11) is 0. The Morgan fingerprint density at radius 1 is 1.35 bits per heavy atom. The molecule has 5 nitrogen and oxygen atoms in total. The van der Waals surface area contributed by atoms with Crippen molar-refractivity contribution >= 4 is 28.2 Å². The van der Waals surface area contributed by atoms with Crippen molar-refractivity contribution in [3.05, 3.63) is 30.5 Å². The summed E-state index contributed by atoms with van der Waals surface area (Å²) in [6, 6.07) is 7.65. The fourth-order valence-corrected chi connectivity index (χ4v) is 3.51. The molecule has 1 saturated heterocycles. The zero-order valence-electron chi connectivity index (χ0n) is 13.7. The van der Waals surface area contributed by atoms with Crippen LogP contribution in [0.1, 0.15) is 26.7 Å². The highest BCUT2D eigenvalue weighted by Gasteiger charge is 2.32. The van der Waals surface area contributed by atoms with E-state index < -0.39 is 12.0 Å². The minimum Gasteiger partial charge on any atom is -0.480 e. The zero-order chi connectivity index (χ0) is 16.4. The van der Waals surface area contributed by atoms with E-state index in [1.807, 2.05) is 29.3 Å². The molecule has 122 valence electrons. The average Bonchev–Trinajstić information content (AvgIpc) is 3.05. The number of fused-ring (bicyclic) bond motifs is 1. The number of benzene rings is 1. The fourth-order valence-electron chi connectivity index (χ4n) is 3.51. The van der Waals surface area contributed by atoms with Crippen LogP contribution < -0.4 is 9.80 Å². The molecule has 0 bridgehead atoms. The fraction of sp³-hybridized carbons (Fsp3) is 0.444. The standard InChI is InChI=1S/C18H23N3O2/c1-3-20(4-2)17-16-13(10-11-19-17)7-5-8-14(16)21-12-6-9-15(21)18(22)23/h5,7-8,10-11,15H,3-4,6,9,12H2,1-2H3,(H,22,23). The van der Waals surface area contributed by atoms with E-state index in [2.05, 4.69) is 29.8 Å². The summed E-state index contributed by atoms with van der Waals surface area (Å²) in [6.45, 7) is 6.76. The van der Waals surface area contributed by atoms with E-state index >= 15 is 0 Å². The molecule has 0 aliphatic carbocycles. The van der Waals surface area contributed by atoms with Crippen LogP contribution in [0.15, 0.2) is 30.5 Å². The third kappa shape index (κ3) is 2.71. The first-order valence-electron chi connectivity index (χ1n) is 8.29. The summed E-state index contributed by atoms with van der Waals surface area (Å²) in [5.41, 5.74) is 0.988. The second-order valence-electron chi connectivity index (χ2n) is 5.87. The highest BCUT2D eigenvalue weighted by molar-refractivity contribution is 6.03. The first-order chi connectivity index (χ1) is 11.2. The Balaban J connectivity index is 2.19. The molecular weight excluding hydrogens is 290 g/mol. The molecule has 1 aromatic heterocycles. The lowest BCUT2D eigenvalue weighted by atomic mass is 10.1. The maximum Gasteiger partial charge on any atom is 0.326 e. The van der Waals surface area contributed by atoms with Gasteiger partial charge in [0.05, 0.1) is 0 Å². The summed E-state index contributed by atoms with van der Waals surface area (Å²) in [4.78, 5) is 20.4. The molecule has 1 aromatic carbocycles. The van der Waals surface area contributed by atoms with Crippen LogP contribution in [-0.4, -0.2) is 41.7 Å². The van der Waals surface area contributed by atoms with Gasteiger partial charge >= 0.3 is 5.97 Å². The van der Waals surface area contributed by atoms with Crippen LogP contribution in [0.2, 0.25) is 0 Å². The van der Waals surface area contributed by atoms with Gasteiger partial charge in [0, 0.05) is 36.9 Å². The third-order valence-electron chi connectivity index (χ3n) is 4.66. The molecule has 1 aliphatic heterocycles. The topological polar surface area (TPSA) is 56.7 Å². The number of aromatic nitrogens is 1. The van der Waals surface area contributed by atoms with Gasteiger partial charge in [-0.05, 0) is 44.2 Å². The van der Waals surface area contributed by atoms with E-state index in [9.17, 15) is 9.90 Å². The van der Waals surface area contributed by atoms with E-state index in [-0.39, 0.29) is 0 Å². The van der Waals surface area contributed by atoms with Crippen LogP contribution in [0, 0.1) is 0 Å². The zero-order valence-corrected chi connectivity index (χ0v) is 13.7. The normalized spacial score (nSPS) is 17.7. The molecule has 5 heteroatoms. The predicted molar refractivity (Wildman–Crippen MR) is 93.3 cm³/mol. The Labute approximate surface area is 136 Å². The highest BCUT2D eigenvalue weighted by atomic mass is 16.4. The summed E-state index contributed by atoms with van der Waals surface area (Å²) in [5, 5.41) is 11.7. The minimum atomic E-state index is -0.743. The van der Waals surface area contributed by atoms with Gasteiger partial charge in [-0.1, -0.05) is 12.1 Å². The number of carboxylic acids is 1. The second-order valence-corrected chi connectivity index (χ2v) is 5.87. The maximum absolute atomic E-state index is 11.6. The highest BCUT2D eigenvalue weighted by Crippen LogP contribution is 2.37. The van der Waals surface area contributed by atoms with Gasteiger partial charge in [-0.15, -0.1) is 0 Å². The van der Waals surface area contributed by atoms with E-state index in [0.29, 0.717) is 6.42 Å². The van der Waals surface area contributed by atoms with Crippen LogP contribution in [0.5, 0.6) is 0 Å². The smallest absolute Gasteiger partial charge is 0.326 e. The number of rotatable bonds is 5. The van der Waals surface area contributed by atoms with Crippen molar-refractivity contribution in [1.29, 1.82) is 0 Å². The lowest BCUT2D eigenvalue weighted by molar-refractivity contribution is -0.138. The monoisotopic (exact) mass is 313 g/mol. The summed E-state index contributed by atoms with van der Waals surface area (Å²) < 4.78 is 0. The van der Waals surface area contributed by atoms with Crippen molar-refractivity contribution in [3.8, 4) is 0 Å². The number of aliphatic carboxylic acids is 1. The van der Waals surface area contributed by atoms with Gasteiger partial charge < -0.3 is 14.9 Å². The molecule has 1 fully saturated rings. The number of pyridine rings is 1. The van der Waals surface area contributed by atoms with Gasteiger partial charge in [-0.2, -0.15) is 0 Å². The molecule has 0 saturated carbocycles. The molecule has 0 amide bonds. The second kappa shape index (κ2) is 6.44. The van der Waals surface area contributed by atoms with Crippen LogP contribution in [-0.2, 0) is 4.79 Å². The third-order valence-corrected chi connectivity index (χ3v) is 4.66. The Kier molecular flexibility index (Phi) is 4.37. The Morgan fingerprint density at radius 2 is 2.13 bits per heavy atom. The molecule has 1 N–H and O–H groups in total. The number of carbonyl (C=O) groups is 1. The van der Waals surface area contributed by atoms with E-state index in [1.54, 1.807) is 0 Å². The number of hydrogen-bond donors (Lipinski definition) is 1. The van der Waals surface area contributed by atoms with E-state index in [1.165, 1.54) is 0 Å². The van der Waals surface area contributed by atoms with Crippen molar-refractivity contribution in [2.75, 3.05) is 29.4 Å². The lowest BCUT2D eigenvalue weighted by Gasteiger charge is -2.28. The quantitative estimate of drug-likeness (QED) is 0.919. The van der Waals surface area contributed by atoms with Gasteiger partial charge in [-0.3, -0.25) is 0 Å². The molecular formula is C18H23N3O2. The number of nitrogens with zero attached hydrogens (tertiary/aromatic N) is 3. The molecule has 1 unspecified atom stereocenters. The SMILES string of the molecule is CCN(CC)c1nccc2cccc(N3CCCC3C(=O)O)c12. The van der Waals surface area contributed by atoms with Gasteiger partial charge in [0.1, 0.15) is 11.9 Å². The predicted octanol–water partition coefficient (Wildman–Crippen LogP) is 3.13. The lowest BCUT2D eigenvalue weighted by Crippen LogP contribution is -2.36. The molecule has 2 aromatic rings. The first-order valence-corrected chi connectivity index (χ1v) is 8.29. The van der Waals surface area contributed by atoms with Gasteiger partial charge in [0.15, 0.2) is 0 Å². The number of anilines is 2. The Bertz CT molecular complexity index is 707. The van der Waals surface area contributed by atoms with Crippen molar-refractivity contribution in [1.82, 2.24) is 4.98 Å². The van der Waals surface area contributed by atoms with Crippen molar-refractivity contribution in [2.45, 2.75) is 32.7 Å². The average molecular weight is 313 g/mol. The number of hydrogen-bond acceptors (Lipinski definition) is 4. The van der Waals surface area contributed by atoms with Gasteiger partial charge in [-0.25, -0.2) is 9.78 Å². The molecule has 1 aliphatic rings. The van der Waals surface area contributed by atoms with Gasteiger partial charge in [0.25, 0.3) is 0 Å². The molecule has 3 rings (SSSR count). The molecule has 0 radical (unpaired) electrons. The first kappa shape index (κ1) is 15.6. The summed E-state index contributed by atoms with van der Waals surface area (Å²) in [5.74, 6) is 0.201. The van der Waals surface area contributed by atoms with Crippen LogP contribution in [0.3, 0.4) is 0 Å². The molecule has 23 heavy (non-hydrogen) atoms. The molecule has 0 spiro atoms. The van der Waals surface area contributed by atoms with E-state index in [0.717, 1.165) is 48.3 Å². The van der Waals surface area contributed by atoms with Crippen molar-refractivity contribution < 1.29 is 9.90 Å². The van der Waals surface area contributed by atoms with Gasteiger partial charge in [0.2, 0.25) is 0 Å². The maximum atomic E-state index is 11.6. The van der Waals surface area contributed by atoms with Crippen LogP contribution in [0.25, 0.3) is 10.8 Å².